The molecule has 0 saturated carbocycles. The largest absolute Gasteiger partial charge is 0.476 e. The molecular weight excluding hydrogens is 252 g/mol. The quantitative estimate of drug-likeness (QED) is 0.421. The summed E-state index contributed by atoms with van der Waals surface area (Å²) < 4.78 is 5.29. The van der Waals surface area contributed by atoms with Crippen LogP contribution >= 0.6 is 0 Å². The SMILES string of the molecule is CC(C)NCCOc1ncc([N+](=O)[O-])cc1C(N)=O. The molecule has 0 saturated heterocycles. The van der Waals surface area contributed by atoms with Crippen LogP contribution in [0.2, 0.25) is 0 Å². The van der Waals surface area contributed by atoms with Gasteiger partial charge in [0.25, 0.3) is 11.6 Å². The van der Waals surface area contributed by atoms with Gasteiger partial charge in [-0.25, -0.2) is 4.98 Å². The van der Waals surface area contributed by atoms with Crippen LogP contribution in [0.3, 0.4) is 0 Å². The first-order valence-corrected chi connectivity index (χ1v) is 5.72. The predicted molar refractivity (Wildman–Crippen MR) is 68.0 cm³/mol. The van der Waals surface area contributed by atoms with Crippen LogP contribution in [0.4, 0.5) is 5.69 Å². The average Bonchev–Trinajstić information content (AvgIpc) is 2.34. The van der Waals surface area contributed by atoms with Gasteiger partial charge in [0.15, 0.2) is 0 Å². The number of hydrogen-bond donors (Lipinski definition) is 2. The van der Waals surface area contributed by atoms with Gasteiger partial charge in [0.2, 0.25) is 5.88 Å². The van der Waals surface area contributed by atoms with E-state index in [0.717, 1.165) is 12.3 Å². The van der Waals surface area contributed by atoms with Gasteiger partial charge in [-0.15, -0.1) is 0 Å². The molecule has 0 aromatic carbocycles. The molecule has 3 N–H and O–H groups in total. The molecule has 0 aliphatic heterocycles. The van der Waals surface area contributed by atoms with Crippen molar-refractivity contribution < 1.29 is 14.5 Å². The third-order valence-corrected chi connectivity index (χ3v) is 2.21. The standard InChI is InChI=1S/C11H16N4O4/c1-7(2)13-3-4-19-11-9(10(12)16)5-8(6-14-11)15(17)18/h5-7,13H,3-4H2,1-2H3,(H2,12,16). The Morgan fingerprint density at radius 2 is 2.32 bits per heavy atom. The summed E-state index contributed by atoms with van der Waals surface area (Å²) in [7, 11) is 0. The zero-order chi connectivity index (χ0) is 14.4. The van der Waals surface area contributed by atoms with Crippen LogP contribution in [0.5, 0.6) is 5.88 Å². The molecule has 0 aliphatic carbocycles. The minimum atomic E-state index is -0.817. The minimum Gasteiger partial charge on any atom is -0.476 e. The third-order valence-electron chi connectivity index (χ3n) is 2.21. The maximum absolute atomic E-state index is 11.2. The number of amides is 1. The van der Waals surface area contributed by atoms with Crippen molar-refractivity contribution in [1.29, 1.82) is 0 Å². The van der Waals surface area contributed by atoms with Crippen molar-refractivity contribution in [2.24, 2.45) is 5.73 Å². The smallest absolute Gasteiger partial charge is 0.288 e. The molecular formula is C11H16N4O4. The molecule has 1 heterocycles. The van der Waals surface area contributed by atoms with Crippen molar-refractivity contribution in [3.63, 3.8) is 0 Å². The molecule has 1 amide bonds. The molecule has 0 fully saturated rings. The Labute approximate surface area is 110 Å². The lowest BCUT2D eigenvalue weighted by Crippen LogP contribution is -2.28. The fourth-order valence-corrected chi connectivity index (χ4v) is 1.33. The molecule has 0 unspecified atom stereocenters. The summed E-state index contributed by atoms with van der Waals surface area (Å²) in [5.41, 5.74) is 4.74. The summed E-state index contributed by atoms with van der Waals surface area (Å²) in [6.07, 6.45) is 1.03. The summed E-state index contributed by atoms with van der Waals surface area (Å²) in [5, 5.41) is 13.7. The van der Waals surface area contributed by atoms with E-state index in [1.54, 1.807) is 0 Å². The molecule has 104 valence electrons. The number of aromatic nitrogens is 1. The number of primary amides is 1. The molecule has 0 radical (unpaired) electrons. The van der Waals surface area contributed by atoms with Crippen LogP contribution in [0.25, 0.3) is 0 Å². The first-order chi connectivity index (χ1) is 8.91. The molecule has 0 atom stereocenters. The fourth-order valence-electron chi connectivity index (χ4n) is 1.33. The predicted octanol–water partition coefficient (Wildman–Crippen LogP) is 0.465. The highest BCUT2D eigenvalue weighted by Crippen LogP contribution is 2.20. The van der Waals surface area contributed by atoms with Gasteiger partial charge in [0, 0.05) is 18.7 Å². The van der Waals surface area contributed by atoms with Crippen molar-refractivity contribution in [3.05, 3.63) is 27.9 Å². The zero-order valence-corrected chi connectivity index (χ0v) is 10.8. The Kier molecular flexibility index (Phi) is 5.19. The molecule has 1 rings (SSSR count). The maximum atomic E-state index is 11.2. The number of nitrogens with one attached hydrogen (secondary N) is 1. The minimum absolute atomic E-state index is 0.00339. The third kappa shape index (κ3) is 4.51. The molecule has 19 heavy (non-hydrogen) atoms. The van der Waals surface area contributed by atoms with Crippen LogP contribution in [-0.2, 0) is 0 Å². The summed E-state index contributed by atoms with van der Waals surface area (Å²) in [4.78, 5) is 24.9. The number of carbonyl (C=O) groups is 1. The van der Waals surface area contributed by atoms with E-state index in [1.807, 2.05) is 13.8 Å². The molecule has 8 heteroatoms. The molecule has 1 aromatic rings. The van der Waals surface area contributed by atoms with Crippen LogP contribution in [0.15, 0.2) is 12.3 Å². The Morgan fingerprint density at radius 1 is 1.63 bits per heavy atom. The summed E-state index contributed by atoms with van der Waals surface area (Å²) in [6.45, 7) is 4.82. The maximum Gasteiger partial charge on any atom is 0.288 e. The number of nitrogens with two attached hydrogens (primary N) is 1. The lowest BCUT2D eigenvalue weighted by atomic mass is 10.2. The number of hydrogen-bond acceptors (Lipinski definition) is 6. The number of nitrogens with zero attached hydrogens (tertiary/aromatic N) is 2. The average molecular weight is 268 g/mol. The monoisotopic (exact) mass is 268 g/mol. The van der Waals surface area contributed by atoms with E-state index >= 15 is 0 Å². The number of pyridine rings is 1. The first-order valence-electron chi connectivity index (χ1n) is 5.72. The van der Waals surface area contributed by atoms with Gasteiger partial charge >= 0.3 is 0 Å². The Balaban J connectivity index is 2.77. The second-order valence-corrected chi connectivity index (χ2v) is 4.12. The highest BCUT2D eigenvalue weighted by atomic mass is 16.6. The van der Waals surface area contributed by atoms with Crippen LogP contribution in [-0.4, -0.2) is 35.0 Å². The van der Waals surface area contributed by atoms with E-state index in [4.69, 9.17) is 10.5 Å². The second kappa shape index (κ2) is 6.64. The van der Waals surface area contributed by atoms with E-state index in [-0.39, 0.29) is 23.7 Å². The highest BCUT2D eigenvalue weighted by molar-refractivity contribution is 5.95. The molecule has 8 nitrogen and oxygen atoms in total. The van der Waals surface area contributed by atoms with E-state index in [0.29, 0.717) is 12.6 Å². The molecule has 0 aliphatic rings. The Bertz CT molecular complexity index is 476. The normalized spacial score (nSPS) is 10.5. The summed E-state index contributed by atoms with van der Waals surface area (Å²) >= 11 is 0. The number of carbonyl (C=O) groups excluding carboxylic acids is 1. The van der Waals surface area contributed by atoms with Gasteiger partial charge in [0.05, 0.1) is 4.92 Å². The Hall–Kier alpha value is -2.22. The van der Waals surface area contributed by atoms with Gasteiger partial charge < -0.3 is 15.8 Å². The van der Waals surface area contributed by atoms with E-state index in [9.17, 15) is 14.9 Å². The molecule has 1 aromatic heterocycles. The summed E-state index contributed by atoms with van der Waals surface area (Å²) in [6, 6.07) is 1.37. The van der Waals surface area contributed by atoms with Crippen LogP contribution in [0.1, 0.15) is 24.2 Å². The lowest BCUT2D eigenvalue weighted by Gasteiger charge is -2.10. The van der Waals surface area contributed by atoms with Gasteiger partial charge in [-0.2, -0.15) is 0 Å². The van der Waals surface area contributed by atoms with Crippen molar-refractivity contribution in [1.82, 2.24) is 10.3 Å². The highest BCUT2D eigenvalue weighted by Gasteiger charge is 2.17. The number of nitro groups is 1. The van der Waals surface area contributed by atoms with Crippen molar-refractivity contribution in [3.8, 4) is 5.88 Å². The fraction of sp³-hybridized carbons (Fsp3) is 0.455. The number of rotatable bonds is 7. The van der Waals surface area contributed by atoms with E-state index in [1.165, 1.54) is 0 Å². The molecule has 0 bridgehead atoms. The van der Waals surface area contributed by atoms with Crippen molar-refractivity contribution in [2.45, 2.75) is 19.9 Å². The Morgan fingerprint density at radius 3 is 2.84 bits per heavy atom. The van der Waals surface area contributed by atoms with Gasteiger partial charge in [-0.05, 0) is 0 Å². The van der Waals surface area contributed by atoms with Crippen LogP contribution in [0, 0.1) is 10.1 Å². The number of ether oxygens (including phenoxy) is 1. The zero-order valence-electron chi connectivity index (χ0n) is 10.8. The van der Waals surface area contributed by atoms with E-state index in [2.05, 4.69) is 10.3 Å². The van der Waals surface area contributed by atoms with Gasteiger partial charge in [-0.3, -0.25) is 14.9 Å². The second-order valence-electron chi connectivity index (χ2n) is 4.12. The lowest BCUT2D eigenvalue weighted by molar-refractivity contribution is -0.385. The van der Waals surface area contributed by atoms with E-state index < -0.39 is 10.8 Å². The van der Waals surface area contributed by atoms with Crippen LogP contribution < -0.4 is 15.8 Å². The first kappa shape index (κ1) is 14.8. The molecule has 0 spiro atoms. The van der Waals surface area contributed by atoms with Gasteiger partial charge in [0.1, 0.15) is 18.4 Å². The van der Waals surface area contributed by atoms with Crippen molar-refractivity contribution >= 4 is 11.6 Å². The topological polar surface area (TPSA) is 120 Å². The van der Waals surface area contributed by atoms with Gasteiger partial charge in [-0.1, -0.05) is 13.8 Å². The summed E-state index contributed by atoms with van der Waals surface area (Å²) in [5.74, 6) is -0.813. The van der Waals surface area contributed by atoms with Crippen molar-refractivity contribution in [2.75, 3.05) is 13.2 Å².